The fourth-order valence-corrected chi connectivity index (χ4v) is 1.38. The zero-order valence-corrected chi connectivity index (χ0v) is 9.71. The summed E-state index contributed by atoms with van der Waals surface area (Å²) in [6.07, 6.45) is 1.30. The first-order valence-electron chi connectivity index (χ1n) is 5.37. The molecule has 0 spiro atoms. The van der Waals surface area contributed by atoms with E-state index in [-0.39, 0.29) is 12.1 Å². The topological polar surface area (TPSA) is 35.5 Å². The number of ether oxygens (including phenoxy) is 2. The molecule has 0 rings (SSSR count). The molecule has 0 amide bonds. The SMILES string of the molecule is CCOC(=O)CC(CC(C)C)OCC. The van der Waals surface area contributed by atoms with Crippen molar-refractivity contribution < 1.29 is 14.3 Å². The quantitative estimate of drug-likeness (QED) is 0.595. The Hall–Kier alpha value is -0.570. The predicted molar refractivity (Wildman–Crippen MR) is 56.1 cm³/mol. The van der Waals surface area contributed by atoms with Gasteiger partial charge in [0.2, 0.25) is 0 Å². The van der Waals surface area contributed by atoms with Crippen LogP contribution in [0.2, 0.25) is 0 Å². The van der Waals surface area contributed by atoms with Crippen molar-refractivity contribution in [2.45, 2.75) is 46.6 Å². The molecule has 0 aliphatic heterocycles. The molecule has 0 saturated carbocycles. The Bertz CT molecular complexity index is 155. The van der Waals surface area contributed by atoms with Crippen molar-refractivity contribution in [2.75, 3.05) is 13.2 Å². The molecule has 0 aromatic carbocycles. The molecule has 14 heavy (non-hydrogen) atoms. The van der Waals surface area contributed by atoms with E-state index in [1.807, 2.05) is 13.8 Å². The van der Waals surface area contributed by atoms with E-state index in [4.69, 9.17) is 9.47 Å². The van der Waals surface area contributed by atoms with Crippen LogP contribution in [0, 0.1) is 5.92 Å². The normalized spacial score (nSPS) is 12.9. The molecule has 0 aliphatic rings. The van der Waals surface area contributed by atoms with Crippen LogP contribution in [0.5, 0.6) is 0 Å². The van der Waals surface area contributed by atoms with Crippen LogP contribution in [0.15, 0.2) is 0 Å². The minimum atomic E-state index is -0.161. The number of esters is 1. The first kappa shape index (κ1) is 13.4. The largest absolute Gasteiger partial charge is 0.466 e. The van der Waals surface area contributed by atoms with E-state index < -0.39 is 0 Å². The first-order chi connectivity index (χ1) is 6.60. The first-order valence-corrected chi connectivity index (χ1v) is 5.37. The predicted octanol–water partition coefficient (Wildman–Crippen LogP) is 2.39. The minimum Gasteiger partial charge on any atom is -0.466 e. The van der Waals surface area contributed by atoms with Crippen molar-refractivity contribution >= 4 is 5.97 Å². The molecule has 1 unspecified atom stereocenters. The van der Waals surface area contributed by atoms with Crippen molar-refractivity contribution in [1.29, 1.82) is 0 Å². The van der Waals surface area contributed by atoms with Gasteiger partial charge in [0.25, 0.3) is 0 Å². The zero-order valence-electron chi connectivity index (χ0n) is 9.71. The Kier molecular flexibility index (Phi) is 7.48. The lowest BCUT2D eigenvalue weighted by Gasteiger charge is -2.17. The van der Waals surface area contributed by atoms with Crippen molar-refractivity contribution in [2.24, 2.45) is 5.92 Å². The highest BCUT2D eigenvalue weighted by Gasteiger charge is 2.15. The molecule has 0 N–H and O–H groups in total. The summed E-state index contributed by atoms with van der Waals surface area (Å²) in [6.45, 7) is 9.10. The molecular formula is C11H22O3. The molecule has 0 saturated heterocycles. The van der Waals surface area contributed by atoms with Gasteiger partial charge in [-0.3, -0.25) is 4.79 Å². The summed E-state index contributed by atoms with van der Waals surface area (Å²) < 4.78 is 10.4. The Morgan fingerprint density at radius 3 is 2.29 bits per heavy atom. The lowest BCUT2D eigenvalue weighted by atomic mass is 10.0. The van der Waals surface area contributed by atoms with Gasteiger partial charge in [-0.2, -0.15) is 0 Å². The van der Waals surface area contributed by atoms with Crippen molar-refractivity contribution in [1.82, 2.24) is 0 Å². The van der Waals surface area contributed by atoms with Crippen LogP contribution in [0.25, 0.3) is 0 Å². The average Bonchev–Trinajstić information content (AvgIpc) is 2.03. The van der Waals surface area contributed by atoms with Gasteiger partial charge in [-0.25, -0.2) is 0 Å². The van der Waals surface area contributed by atoms with Gasteiger partial charge in [-0.15, -0.1) is 0 Å². The van der Waals surface area contributed by atoms with E-state index in [2.05, 4.69) is 13.8 Å². The second kappa shape index (κ2) is 7.80. The lowest BCUT2D eigenvalue weighted by molar-refractivity contribution is -0.146. The molecular weight excluding hydrogens is 180 g/mol. The van der Waals surface area contributed by atoms with Crippen molar-refractivity contribution in [3.05, 3.63) is 0 Å². The molecule has 1 atom stereocenters. The van der Waals surface area contributed by atoms with Gasteiger partial charge in [0.15, 0.2) is 0 Å². The summed E-state index contributed by atoms with van der Waals surface area (Å²) in [7, 11) is 0. The molecule has 0 heterocycles. The molecule has 0 bridgehead atoms. The van der Waals surface area contributed by atoms with Gasteiger partial charge in [0.05, 0.1) is 19.1 Å². The maximum Gasteiger partial charge on any atom is 0.308 e. The summed E-state index contributed by atoms with van der Waals surface area (Å²) in [6, 6.07) is 0. The van der Waals surface area contributed by atoms with Crippen LogP contribution < -0.4 is 0 Å². The summed E-state index contributed by atoms with van der Waals surface area (Å²) in [5, 5.41) is 0. The fourth-order valence-electron chi connectivity index (χ4n) is 1.38. The highest BCUT2D eigenvalue weighted by atomic mass is 16.5. The monoisotopic (exact) mass is 202 g/mol. The number of rotatable bonds is 7. The number of carbonyl (C=O) groups excluding carboxylic acids is 1. The highest BCUT2D eigenvalue weighted by Crippen LogP contribution is 2.12. The Morgan fingerprint density at radius 2 is 1.86 bits per heavy atom. The third kappa shape index (κ3) is 6.89. The van der Waals surface area contributed by atoms with Crippen LogP contribution in [0.3, 0.4) is 0 Å². The van der Waals surface area contributed by atoms with E-state index in [0.717, 1.165) is 6.42 Å². The summed E-state index contributed by atoms with van der Waals surface area (Å²) >= 11 is 0. The Balaban J connectivity index is 3.88. The number of hydrogen-bond acceptors (Lipinski definition) is 3. The zero-order chi connectivity index (χ0) is 11.0. The molecule has 0 radical (unpaired) electrons. The van der Waals surface area contributed by atoms with Crippen LogP contribution in [0.1, 0.15) is 40.5 Å². The van der Waals surface area contributed by atoms with Crippen LogP contribution in [-0.4, -0.2) is 25.3 Å². The molecule has 3 heteroatoms. The van der Waals surface area contributed by atoms with Crippen LogP contribution >= 0.6 is 0 Å². The van der Waals surface area contributed by atoms with Gasteiger partial charge in [-0.1, -0.05) is 13.8 Å². The third-order valence-electron chi connectivity index (χ3n) is 1.84. The van der Waals surface area contributed by atoms with Gasteiger partial charge in [-0.05, 0) is 26.2 Å². The summed E-state index contributed by atoms with van der Waals surface area (Å²) in [4.78, 5) is 11.2. The van der Waals surface area contributed by atoms with Crippen molar-refractivity contribution in [3.63, 3.8) is 0 Å². The average molecular weight is 202 g/mol. The van der Waals surface area contributed by atoms with Crippen LogP contribution in [-0.2, 0) is 14.3 Å². The standard InChI is InChI=1S/C11H22O3/c1-5-13-10(7-9(3)4)8-11(12)14-6-2/h9-10H,5-8H2,1-4H3. The highest BCUT2D eigenvalue weighted by molar-refractivity contribution is 5.69. The fraction of sp³-hybridized carbons (Fsp3) is 0.909. The van der Waals surface area contributed by atoms with Crippen LogP contribution in [0.4, 0.5) is 0 Å². The molecule has 0 aromatic heterocycles. The van der Waals surface area contributed by atoms with E-state index in [0.29, 0.717) is 25.6 Å². The van der Waals surface area contributed by atoms with Gasteiger partial charge >= 0.3 is 5.97 Å². The van der Waals surface area contributed by atoms with E-state index in [1.165, 1.54) is 0 Å². The molecule has 0 aliphatic carbocycles. The van der Waals surface area contributed by atoms with Crippen molar-refractivity contribution in [3.8, 4) is 0 Å². The number of carbonyl (C=O) groups is 1. The number of hydrogen-bond donors (Lipinski definition) is 0. The van der Waals surface area contributed by atoms with Gasteiger partial charge in [0, 0.05) is 6.61 Å². The summed E-state index contributed by atoms with van der Waals surface area (Å²) in [5.41, 5.74) is 0. The van der Waals surface area contributed by atoms with Gasteiger partial charge in [0.1, 0.15) is 0 Å². The van der Waals surface area contributed by atoms with E-state index in [1.54, 1.807) is 0 Å². The molecule has 3 nitrogen and oxygen atoms in total. The Morgan fingerprint density at radius 1 is 1.21 bits per heavy atom. The molecule has 84 valence electrons. The molecule has 0 fully saturated rings. The van der Waals surface area contributed by atoms with E-state index in [9.17, 15) is 4.79 Å². The third-order valence-corrected chi connectivity index (χ3v) is 1.84. The molecule has 0 aromatic rings. The van der Waals surface area contributed by atoms with E-state index >= 15 is 0 Å². The second-order valence-electron chi connectivity index (χ2n) is 3.72. The lowest BCUT2D eigenvalue weighted by Crippen LogP contribution is -2.21. The minimum absolute atomic E-state index is 0.0130. The maximum absolute atomic E-state index is 11.2. The van der Waals surface area contributed by atoms with Gasteiger partial charge < -0.3 is 9.47 Å². The smallest absolute Gasteiger partial charge is 0.308 e. The summed E-state index contributed by atoms with van der Waals surface area (Å²) in [5.74, 6) is 0.382. The second-order valence-corrected chi connectivity index (χ2v) is 3.72. The Labute approximate surface area is 86.8 Å². The maximum atomic E-state index is 11.2.